The van der Waals surface area contributed by atoms with E-state index in [-0.39, 0.29) is 11.6 Å². The summed E-state index contributed by atoms with van der Waals surface area (Å²) in [5.74, 6) is -0.729. The first-order valence-electron chi connectivity index (χ1n) is 12.9. The summed E-state index contributed by atoms with van der Waals surface area (Å²) < 4.78 is 28.7. The van der Waals surface area contributed by atoms with Gasteiger partial charge in [0.15, 0.2) is 0 Å². The van der Waals surface area contributed by atoms with E-state index in [9.17, 15) is 8.78 Å². The number of hydrogen-bond acceptors (Lipinski definition) is 2. The van der Waals surface area contributed by atoms with E-state index in [1.807, 2.05) is 54.6 Å². The highest BCUT2D eigenvalue weighted by Gasteiger charge is 2.14. The lowest BCUT2D eigenvalue weighted by Gasteiger charge is -2.12. The van der Waals surface area contributed by atoms with Gasteiger partial charge in [0.1, 0.15) is 16.7 Å². The van der Waals surface area contributed by atoms with Crippen molar-refractivity contribution in [3.63, 3.8) is 0 Å². The van der Waals surface area contributed by atoms with Crippen molar-refractivity contribution >= 4 is 33.6 Å². The Hall–Kier alpha value is -4.74. The zero-order valence-corrected chi connectivity index (χ0v) is 22.1. The number of pyridine rings is 1. The molecule has 2 nitrogen and oxygen atoms in total. The van der Waals surface area contributed by atoms with Crippen molar-refractivity contribution in [3.8, 4) is 33.5 Å². The monoisotopic (exact) mass is 540 g/mol. The Bertz CT molecular complexity index is 1940. The molecule has 0 bridgehead atoms. The standard InChI is InChI=1S/C35H22F2N2S/c36-27-14-15-32-29(19-27)30-20-28(37)21-33(35(30)39-32)40-34-13-7-12-31(38-34)26-17-24(22-8-3-1-4-9-22)16-25(18-26)23-10-5-2-6-11-23/h1-21,39H. The average Bonchev–Trinajstić information content (AvgIpc) is 3.36. The van der Waals surface area contributed by atoms with Crippen molar-refractivity contribution in [1.29, 1.82) is 0 Å². The normalized spacial score (nSPS) is 11.3. The number of H-pyrrole nitrogens is 1. The lowest BCUT2D eigenvalue weighted by Crippen LogP contribution is -1.90. The van der Waals surface area contributed by atoms with E-state index in [0.717, 1.165) is 49.6 Å². The maximum Gasteiger partial charge on any atom is 0.125 e. The molecular weight excluding hydrogens is 518 g/mol. The Morgan fingerprint density at radius 1 is 0.525 bits per heavy atom. The van der Waals surface area contributed by atoms with Crippen LogP contribution in [0.15, 0.2) is 137 Å². The second kappa shape index (κ2) is 10.1. The van der Waals surface area contributed by atoms with Gasteiger partial charge >= 0.3 is 0 Å². The van der Waals surface area contributed by atoms with Gasteiger partial charge in [-0.25, -0.2) is 13.8 Å². The molecule has 0 aliphatic carbocycles. The highest BCUT2D eigenvalue weighted by molar-refractivity contribution is 7.99. The summed E-state index contributed by atoms with van der Waals surface area (Å²) in [6, 6.07) is 40.5. The van der Waals surface area contributed by atoms with Crippen molar-refractivity contribution in [2.75, 3.05) is 0 Å². The van der Waals surface area contributed by atoms with E-state index in [0.29, 0.717) is 15.7 Å². The van der Waals surface area contributed by atoms with Crippen LogP contribution in [0.25, 0.3) is 55.3 Å². The minimum absolute atomic E-state index is 0.353. The maximum atomic E-state index is 14.7. The molecule has 0 atom stereocenters. The van der Waals surface area contributed by atoms with Gasteiger partial charge < -0.3 is 4.98 Å². The van der Waals surface area contributed by atoms with E-state index < -0.39 is 0 Å². The van der Waals surface area contributed by atoms with Gasteiger partial charge in [-0.15, -0.1) is 0 Å². The molecule has 0 saturated heterocycles. The first-order valence-corrected chi connectivity index (χ1v) is 13.7. The number of aromatic amines is 1. The number of fused-ring (bicyclic) bond motifs is 3. The molecule has 0 saturated carbocycles. The van der Waals surface area contributed by atoms with Crippen molar-refractivity contribution < 1.29 is 8.78 Å². The van der Waals surface area contributed by atoms with Gasteiger partial charge in [-0.3, -0.25) is 0 Å². The maximum absolute atomic E-state index is 14.7. The van der Waals surface area contributed by atoms with Crippen LogP contribution >= 0.6 is 11.8 Å². The summed E-state index contributed by atoms with van der Waals surface area (Å²) in [4.78, 5) is 9.01. The Labute approximate surface area is 234 Å². The molecule has 0 aliphatic rings. The van der Waals surface area contributed by atoms with Gasteiger partial charge in [-0.05, 0) is 82.9 Å². The molecule has 0 fully saturated rings. The van der Waals surface area contributed by atoms with E-state index in [4.69, 9.17) is 4.98 Å². The van der Waals surface area contributed by atoms with Crippen LogP contribution in [0.4, 0.5) is 8.78 Å². The minimum atomic E-state index is -0.376. The zero-order chi connectivity index (χ0) is 27.1. The van der Waals surface area contributed by atoms with Crippen LogP contribution < -0.4 is 0 Å². The average molecular weight is 541 g/mol. The molecule has 0 radical (unpaired) electrons. The number of benzene rings is 5. The van der Waals surface area contributed by atoms with Crippen molar-refractivity contribution in [2.24, 2.45) is 0 Å². The molecule has 40 heavy (non-hydrogen) atoms. The zero-order valence-electron chi connectivity index (χ0n) is 21.2. The molecule has 0 unspecified atom stereocenters. The van der Waals surface area contributed by atoms with Crippen molar-refractivity contribution in [2.45, 2.75) is 9.92 Å². The van der Waals surface area contributed by atoms with Gasteiger partial charge in [0.05, 0.1) is 11.2 Å². The quantitative estimate of drug-likeness (QED) is 0.235. The number of nitrogens with one attached hydrogen (secondary N) is 1. The number of rotatable bonds is 5. The van der Waals surface area contributed by atoms with Crippen LogP contribution in [0, 0.1) is 11.6 Å². The molecule has 0 amide bonds. The van der Waals surface area contributed by atoms with Gasteiger partial charge in [0.25, 0.3) is 0 Å². The number of halogens is 2. The van der Waals surface area contributed by atoms with Crippen LogP contribution in [0.1, 0.15) is 0 Å². The smallest absolute Gasteiger partial charge is 0.125 e. The summed E-state index contributed by atoms with van der Waals surface area (Å²) in [6.07, 6.45) is 0. The van der Waals surface area contributed by atoms with Gasteiger partial charge in [-0.1, -0.05) is 78.5 Å². The molecule has 5 aromatic carbocycles. The summed E-state index contributed by atoms with van der Waals surface area (Å²) >= 11 is 1.38. The van der Waals surface area contributed by atoms with Crippen LogP contribution in [-0.2, 0) is 0 Å². The largest absolute Gasteiger partial charge is 0.354 e. The van der Waals surface area contributed by atoms with Crippen LogP contribution in [0.3, 0.4) is 0 Å². The van der Waals surface area contributed by atoms with E-state index >= 15 is 0 Å². The second-order valence-electron chi connectivity index (χ2n) is 9.64. The molecule has 0 aliphatic heterocycles. The van der Waals surface area contributed by atoms with Crippen molar-refractivity contribution in [3.05, 3.63) is 139 Å². The Morgan fingerprint density at radius 3 is 1.88 bits per heavy atom. The fourth-order valence-corrected chi connectivity index (χ4v) is 6.05. The highest BCUT2D eigenvalue weighted by Crippen LogP contribution is 2.38. The number of nitrogens with zero attached hydrogens (tertiary/aromatic N) is 1. The summed E-state index contributed by atoms with van der Waals surface area (Å²) in [5.41, 5.74) is 7.81. The van der Waals surface area contributed by atoms with E-state index in [2.05, 4.69) is 47.4 Å². The fourth-order valence-electron chi connectivity index (χ4n) is 5.10. The molecular formula is C35H22F2N2S. The third-order valence-corrected chi connectivity index (χ3v) is 7.96. The third-order valence-electron chi connectivity index (χ3n) is 6.98. The highest BCUT2D eigenvalue weighted by atomic mass is 32.2. The Kier molecular flexibility index (Phi) is 6.14. The molecule has 5 heteroatoms. The second-order valence-corrected chi connectivity index (χ2v) is 10.7. The van der Waals surface area contributed by atoms with Crippen LogP contribution in [-0.4, -0.2) is 9.97 Å². The molecule has 2 heterocycles. The first kappa shape index (κ1) is 24.3. The predicted molar refractivity (Wildman–Crippen MR) is 160 cm³/mol. The molecule has 0 spiro atoms. The molecule has 1 N–H and O–H groups in total. The molecule has 2 aromatic heterocycles. The summed E-state index contributed by atoms with van der Waals surface area (Å²) in [6.45, 7) is 0. The molecule has 192 valence electrons. The van der Waals surface area contributed by atoms with E-state index in [1.54, 1.807) is 6.07 Å². The summed E-state index contributed by atoms with van der Waals surface area (Å²) in [5, 5.41) is 2.04. The third kappa shape index (κ3) is 4.65. The lowest BCUT2D eigenvalue weighted by molar-refractivity contribution is 0.626. The van der Waals surface area contributed by atoms with Crippen molar-refractivity contribution in [1.82, 2.24) is 9.97 Å². The van der Waals surface area contributed by atoms with Crippen LogP contribution in [0.5, 0.6) is 0 Å². The van der Waals surface area contributed by atoms with Gasteiger partial charge in [0.2, 0.25) is 0 Å². The topological polar surface area (TPSA) is 28.7 Å². The van der Waals surface area contributed by atoms with Gasteiger partial charge in [0, 0.05) is 26.7 Å². The summed E-state index contributed by atoms with van der Waals surface area (Å²) in [7, 11) is 0. The minimum Gasteiger partial charge on any atom is -0.354 e. The fraction of sp³-hybridized carbons (Fsp3) is 0. The SMILES string of the molecule is Fc1ccc2[nH]c3c(Sc4cccc(-c5cc(-c6ccccc6)cc(-c6ccccc6)c5)n4)cc(F)cc3c2c1. The number of hydrogen-bond donors (Lipinski definition) is 1. The molecule has 7 rings (SSSR count). The molecule has 7 aromatic rings. The first-order chi connectivity index (χ1) is 19.6. The Morgan fingerprint density at radius 2 is 1.18 bits per heavy atom. The lowest BCUT2D eigenvalue weighted by atomic mass is 9.95. The Balaban J connectivity index is 1.32. The number of aromatic nitrogens is 2. The van der Waals surface area contributed by atoms with E-state index in [1.165, 1.54) is 36.0 Å². The predicted octanol–water partition coefficient (Wildman–Crippen LogP) is 10.1. The van der Waals surface area contributed by atoms with Crippen LogP contribution in [0.2, 0.25) is 0 Å². The van der Waals surface area contributed by atoms with Gasteiger partial charge in [-0.2, -0.15) is 0 Å².